The molecule has 1 aromatic heterocycles. The Morgan fingerprint density at radius 2 is 2.30 bits per heavy atom. The van der Waals surface area contributed by atoms with Gasteiger partial charge in [0, 0.05) is 11.8 Å². The van der Waals surface area contributed by atoms with Crippen LogP contribution in [0.15, 0.2) is 55.4 Å². The molecule has 0 saturated heterocycles. The fourth-order valence-electron chi connectivity index (χ4n) is 1.87. The molecule has 0 aliphatic rings. The number of carbonyl (C=O) groups excluding carboxylic acids is 1. The number of hydrogen-bond acceptors (Lipinski definition) is 3. The molecule has 2 rings (SSSR count). The third-order valence-corrected chi connectivity index (χ3v) is 2.83. The first-order chi connectivity index (χ1) is 9.74. The van der Waals surface area contributed by atoms with Gasteiger partial charge in [0.15, 0.2) is 0 Å². The highest BCUT2D eigenvalue weighted by Crippen LogP contribution is 2.21. The van der Waals surface area contributed by atoms with Crippen LogP contribution < -0.4 is 10.1 Å². The molecule has 0 saturated carbocycles. The summed E-state index contributed by atoms with van der Waals surface area (Å²) in [5.74, 6) is 0.578. The Hall–Kier alpha value is -2.62. The van der Waals surface area contributed by atoms with E-state index in [-0.39, 0.29) is 5.91 Å². The Morgan fingerprint density at radius 3 is 2.95 bits per heavy atom. The molecule has 0 spiro atoms. The molecule has 102 valence electrons. The number of carbonyl (C=O) groups is 1. The molecule has 1 heterocycles. The number of aromatic nitrogens is 1. The second-order valence-corrected chi connectivity index (χ2v) is 4.22. The van der Waals surface area contributed by atoms with E-state index in [4.69, 9.17) is 4.74 Å². The highest BCUT2D eigenvalue weighted by atomic mass is 16.5. The minimum absolute atomic E-state index is 0.175. The lowest BCUT2D eigenvalue weighted by atomic mass is 10.1. The van der Waals surface area contributed by atoms with Gasteiger partial charge in [0.25, 0.3) is 5.91 Å². The van der Waals surface area contributed by atoms with Gasteiger partial charge >= 0.3 is 0 Å². The number of pyridine rings is 1. The second kappa shape index (κ2) is 6.52. The molecule has 0 unspecified atom stereocenters. The van der Waals surface area contributed by atoms with Gasteiger partial charge in [-0.15, -0.1) is 6.58 Å². The molecule has 2 aromatic rings. The Labute approximate surface area is 118 Å². The number of nitrogens with zero attached hydrogens (tertiary/aromatic N) is 1. The van der Waals surface area contributed by atoms with Crippen LogP contribution in [-0.2, 0) is 6.42 Å². The number of allylic oxidation sites excluding steroid dienone is 1. The first kappa shape index (κ1) is 13.8. The molecule has 0 bridgehead atoms. The fourth-order valence-corrected chi connectivity index (χ4v) is 1.87. The normalized spacial score (nSPS) is 9.85. The molecule has 1 aromatic carbocycles. The summed E-state index contributed by atoms with van der Waals surface area (Å²) in [6, 6.07) is 8.90. The lowest BCUT2D eigenvalue weighted by Gasteiger charge is -2.10. The number of hydrogen-bond donors (Lipinski definition) is 1. The maximum absolute atomic E-state index is 12.2. The number of nitrogens with one attached hydrogen (secondary N) is 1. The summed E-state index contributed by atoms with van der Waals surface area (Å²) in [7, 11) is 1.61. The van der Waals surface area contributed by atoms with E-state index in [2.05, 4.69) is 16.9 Å². The molecule has 0 aliphatic heterocycles. The summed E-state index contributed by atoms with van der Waals surface area (Å²) < 4.78 is 5.26. The summed E-state index contributed by atoms with van der Waals surface area (Å²) in [4.78, 5) is 16.1. The van der Waals surface area contributed by atoms with Crippen molar-refractivity contribution in [3.63, 3.8) is 0 Å². The highest BCUT2D eigenvalue weighted by Gasteiger charge is 2.09. The Morgan fingerprint density at radius 1 is 1.45 bits per heavy atom. The zero-order valence-electron chi connectivity index (χ0n) is 11.3. The summed E-state index contributed by atoms with van der Waals surface area (Å²) in [6.07, 6.45) is 5.69. The molecule has 0 atom stereocenters. The number of rotatable bonds is 5. The van der Waals surface area contributed by atoms with Crippen molar-refractivity contribution < 1.29 is 9.53 Å². The molecule has 0 radical (unpaired) electrons. The predicted molar refractivity (Wildman–Crippen MR) is 79.1 cm³/mol. The maximum Gasteiger partial charge on any atom is 0.255 e. The van der Waals surface area contributed by atoms with Crippen LogP contribution >= 0.6 is 0 Å². The van der Waals surface area contributed by atoms with Crippen LogP contribution in [0, 0.1) is 0 Å². The lowest BCUT2D eigenvalue weighted by molar-refractivity contribution is 0.102. The van der Waals surface area contributed by atoms with Crippen LogP contribution in [0.2, 0.25) is 0 Å². The Bertz CT molecular complexity index is 609. The number of benzene rings is 1. The summed E-state index contributed by atoms with van der Waals surface area (Å²) in [5.41, 5.74) is 2.17. The monoisotopic (exact) mass is 268 g/mol. The van der Waals surface area contributed by atoms with Crippen molar-refractivity contribution >= 4 is 11.6 Å². The number of amides is 1. The van der Waals surface area contributed by atoms with Crippen molar-refractivity contribution in [3.05, 3.63) is 66.5 Å². The second-order valence-electron chi connectivity index (χ2n) is 4.22. The van der Waals surface area contributed by atoms with Gasteiger partial charge in [-0.3, -0.25) is 9.78 Å². The average molecular weight is 268 g/mol. The van der Waals surface area contributed by atoms with Crippen molar-refractivity contribution in [1.29, 1.82) is 0 Å². The molecule has 0 fully saturated rings. The summed E-state index contributed by atoms with van der Waals surface area (Å²) in [5, 5.41) is 2.80. The predicted octanol–water partition coefficient (Wildman–Crippen LogP) is 3.07. The van der Waals surface area contributed by atoms with Crippen molar-refractivity contribution in [2.75, 3.05) is 12.4 Å². The minimum Gasteiger partial charge on any atom is -0.496 e. The smallest absolute Gasteiger partial charge is 0.255 e. The van der Waals surface area contributed by atoms with Gasteiger partial charge < -0.3 is 10.1 Å². The molecule has 4 heteroatoms. The Kier molecular flexibility index (Phi) is 4.50. The van der Waals surface area contributed by atoms with Crippen LogP contribution in [0.3, 0.4) is 0 Å². The van der Waals surface area contributed by atoms with Crippen molar-refractivity contribution in [2.45, 2.75) is 6.42 Å². The van der Waals surface area contributed by atoms with Gasteiger partial charge in [0.05, 0.1) is 19.0 Å². The topological polar surface area (TPSA) is 51.2 Å². The first-order valence-electron chi connectivity index (χ1n) is 6.23. The third-order valence-electron chi connectivity index (χ3n) is 2.83. The van der Waals surface area contributed by atoms with E-state index in [1.165, 1.54) is 0 Å². The van der Waals surface area contributed by atoms with E-state index < -0.39 is 0 Å². The molecule has 1 amide bonds. The number of anilines is 1. The van der Waals surface area contributed by atoms with E-state index in [1.54, 1.807) is 49.8 Å². The number of methoxy groups -OCH3 is 1. The quantitative estimate of drug-likeness (QED) is 0.848. The maximum atomic E-state index is 12.2. The van der Waals surface area contributed by atoms with Gasteiger partial charge in [-0.2, -0.15) is 0 Å². The van der Waals surface area contributed by atoms with Crippen LogP contribution in [-0.4, -0.2) is 18.0 Å². The van der Waals surface area contributed by atoms with Crippen LogP contribution in [0.5, 0.6) is 5.75 Å². The van der Waals surface area contributed by atoms with Gasteiger partial charge in [-0.25, -0.2) is 0 Å². The van der Waals surface area contributed by atoms with E-state index >= 15 is 0 Å². The molecule has 4 nitrogen and oxygen atoms in total. The van der Waals surface area contributed by atoms with E-state index in [1.807, 2.05) is 6.07 Å². The van der Waals surface area contributed by atoms with Crippen LogP contribution in [0.4, 0.5) is 5.69 Å². The zero-order valence-corrected chi connectivity index (χ0v) is 11.3. The first-order valence-corrected chi connectivity index (χ1v) is 6.23. The molecule has 20 heavy (non-hydrogen) atoms. The SMILES string of the molecule is C=CCc1cc(C(=O)Nc2cccnc2)ccc1OC. The van der Waals surface area contributed by atoms with Crippen LogP contribution in [0.25, 0.3) is 0 Å². The number of ether oxygens (including phenoxy) is 1. The average Bonchev–Trinajstić information content (AvgIpc) is 2.48. The van der Waals surface area contributed by atoms with E-state index in [0.29, 0.717) is 17.7 Å². The standard InChI is InChI=1S/C16H16N2O2/c1-3-5-12-10-13(7-8-15(12)20-2)16(19)18-14-6-4-9-17-11-14/h3-4,6-11H,1,5H2,2H3,(H,18,19). The van der Waals surface area contributed by atoms with Gasteiger partial charge in [-0.05, 0) is 42.3 Å². The highest BCUT2D eigenvalue weighted by molar-refractivity contribution is 6.04. The lowest BCUT2D eigenvalue weighted by Crippen LogP contribution is -2.12. The van der Waals surface area contributed by atoms with Crippen molar-refractivity contribution in [3.8, 4) is 5.75 Å². The molecular formula is C16H16N2O2. The van der Waals surface area contributed by atoms with Crippen molar-refractivity contribution in [1.82, 2.24) is 4.98 Å². The van der Waals surface area contributed by atoms with Gasteiger partial charge in [-0.1, -0.05) is 6.08 Å². The van der Waals surface area contributed by atoms with E-state index in [9.17, 15) is 4.79 Å². The molecule has 0 aliphatic carbocycles. The van der Waals surface area contributed by atoms with Crippen molar-refractivity contribution in [2.24, 2.45) is 0 Å². The minimum atomic E-state index is -0.175. The molecule has 1 N–H and O–H groups in total. The summed E-state index contributed by atoms with van der Waals surface area (Å²) >= 11 is 0. The molecular weight excluding hydrogens is 252 g/mol. The largest absolute Gasteiger partial charge is 0.496 e. The van der Waals surface area contributed by atoms with E-state index in [0.717, 1.165) is 11.3 Å². The third kappa shape index (κ3) is 3.23. The summed E-state index contributed by atoms with van der Waals surface area (Å²) in [6.45, 7) is 3.71. The van der Waals surface area contributed by atoms with Gasteiger partial charge in [0.1, 0.15) is 5.75 Å². The fraction of sp³-hybridized carbons (Fsp3) is 0.125. The Balaban J connectivity index is 2.21. The zero-order chi connectivity index (χ0) is 14.4. The van der Waals surface area contributed by atoms with Crippen LogP contribution in [0.1, 0.15) is 15.9 Å². The van der Waals surface area contributed by atoms with Gasteiger partial charge in [0.2, 0.25) is 0 Å².